The third kappa shape index (κ3) is 7.69. The van der Waals surface area contributed by atoms with Crippen molar-refractivity contribution in [1.82, 2.24) is 15.6 Å². The Morgan fingerprint density at radius 2 is 2.19 bits per heavy atom. The van der Waals surface area contributed by atoms with Gasteiger partial charge < -0.3 is 10.6 Å². The van der Waals surface area contributed by atoms with Crippen LogP contribution in [-0.2, 0) is 6.42 Å². The maximum atomic E-state index is 4.28. The number of aromatic nitrogens is 1. The molecule has 0 aromatic carbocycles. The van der Waals surface area contributed by atoms with E-state index in [1.54, 1.807) is 6.20 Å². The largest absolute Gasteiger partial charge is 0.356 e. The smallest absolute Gasteiger partial charge is 0.190 e. The molecule has 0 amide bonds. The highest BCUT2D eigenvalue weighted by Crippen LogP contribution is 2.10. The Hall–Kier alpha value is -1.58. The van der Waals surface area contributed by atoms with Crippen molar-refractivity contribution in [2.24, 2.45) is 10.9 Å². The first-order valence-electron chi connectivity index (χ1n) is 8.13. The fourth-order valence-electron chi connectivity index (χ4n) is 2.28. The van der Waals surface area contributed by atoms with Crippen molar-refractivity contribution in [3.8, 4) is 0 Å². The topological polar surface area (TPSA) is 49.3 Å². The molecule has 1 unspecified atom stereocenters. The third-order valence-electron chi connectivity index (χ3n) is 3.75. The fourth-order valence-corrected chi connectivity index (χ4v) is 2.28. The summed E-state index contributed by atoms with van der Waals surface area (Å²) in [5.74, 6) is 1.63. The Balaban J connectivity index is 2.25. The minimum Gasteiger partial charge on any atom is -0.356 e. The predicted octanol–water partition coefficient (Wildman–Crippen LogP) is 3.01. The lowest BCUT2D eigenvalue weighted by molar-refractivity contribution is 0.444. The molecule has 1 rings (SSSR count). The molecule has 0 aliphatic carbocycles. The number of aliphatic imine (C=N–C) groups is 1. The van der Waals surface area contributed by atoms with Crippen LogP contribution >= 0.6 is 0 Å². The van der Waals surface area contributed by atoms with Gasteiger partial charge in [0.25, 0.3) is 0 Å². The van der Waals surface area contributed by atoms with Gasteiger partial charge in [0.05, 0.1) is 0 Å². The van der Waals surface area contributed by atoms with Crippen LogP contribution in [0.15, 0.2) is 29.5 Å². The van der Waals surface area contributed by atoms with Crippen molar-refractivity contribution in [2.75, 3.05) is 20.1 Å². The molecule has 0 bridgehead atoms. The van der Waals surface area contributed by atoms with Gasteiger partial charge in [-0.05, 0) is 30.4 Å². The number of rotatable bonds is 9. The number of guanidine groups is 1. The quantitative estimate of drug-likeness (QED) is 0.543. The number of hydrogen-bond donors (Lipinski definition) is 2. The molecule has 0 fully saturated rings. The maximum absolute atomic E-state index is 4.28. The van der Waals surface area contributed by atoms with Crippen LogP contribution in [0, 0.1) is 5.92 Å². The van der Waals surface area contributed by atoms with Gasteiger partial charge in [0.15, 0.2) is 5.96 Å². The Morgan fingerprint density at radius 3 is 2.81 bits per heavy atom. The van der Waals surface area contributed by atoms with E-state index in [2.05, 4.69) is 40.5 Å². The lowest BCUT2D eigenvalue weighted by Gasteiger charge is -2.18. The van der Waals surface area contributed by atoms with Crippen LogP contribution in [0.2, 0.25) is 0 Å². The van der Waals surface area contributed by atoms with Crippen molar-refractivity contribution in [2.45, 2.75) is 46.0 Å². The van der Waals surface area contributed by atoms with Gasteiger partial charge in [0.2, 0.25) is 0 Å². The van der Waals surface area contributed by atoms with Crippen LogP contribution in [0.25, 0.3) is 0 Å². The normalized spacial score (nSPS) is 13.0. The molecule has 118 valence electrons. The van der Waals surface area contributed by atoms with Crippen molar-refractivity contribution in [3.05, 3.63) is 30.1 Å². The van der Waals surface area contributed by atoms with Crippen molar-refractivity contribution < 1.29 is 0 Å². The van der Waals surface area contributed by atoms with Crippen molar-refractivity contribution >= 4 is 5.96 Å². The van der Waals surface area contributed by atoms with E-state index >= 15 is 0 Å². The molecule has 0 radical (unpaired) electrons. The minimum atomic E-state index is 0.738. The maximum Gasteiger partial charge on any atom is 0.190 e. The Kier molecular flexibility index (Phi) is 9.25. The zero-order valence-electron chi connectivity index (χ0n) is 13.7. The van der Waals surface area contributed by atoms with Gasteiger partial charge in [0.1, 0.15) is 0 Å². The molecule has 4 nitrogen and oxygen atoms in total. The summed E-state index contributed by atoms with van der Waals surface area (Å²) in [6, 6.07) is 4.07. The van der Waals surface area contributed by atoms with Gasteiger partial charge in [0, 0.05) is 32.5 Å². The molecule has 1 heterocycles. The number of unbranched alkanes of at least 4 members (excludes halogenated alkanes) is 1. The molecule has 4 heteroatoms. The summed E-state index contributed by atoms with van der Waals surface area (Å²) < 4.78 is 0. The molecular formula is C17H30N4. The highest BCUT2D eigenvalue weighted by atomic mass is 15.2. The number of hydrogen-bond acceptors (Lipinski definition) is 2. The van der Waals surface area contributed by atoms with E-state index in [0.29, 0.717) is 0 Å². The average molecular weight is 290 g/mol. The van der Waals surface area contributed by atoms with E-state index in [1.165, 1.54) is 31.2 Å². The van der Waals surface area contributed by atoms with E-state index in [9.17, 15) is 0 Å². The van der Waals surface area contributed by atoms with Gasteiger partial charge in [-0.25, -0.2) is 0 Å². The zero-order valence-corrected chi connectivity index (χ0v) is 13.7. The third-order valence-corrected chi connectivity index (χ3v) is 3.75. The first-order chi connectivity index (χ1) is 10.3. The van der Waals surface area contributed by atoms with Crippen LogP contribution in [0.4, 0.5) is 0 Å². The number of pyridine rings is 1. The summed E-state index contributed by atoms with van der Waals surface area (Å²) in [7, 11) is 1.83. The summed E-state index contributed by atoms with van der Waals surface area (Å²) in [6.45, 7) is 6.39. The van der Waals surface area contributed by atoms with E-state index in [-0.39, 0.29) is 0 Å². The fraction of sp³-hybridized carbons (Fsp3) is 0.647. The molecule has 0 aliphatic rings. The van der Waals surface area contributed by atoms with E-state index < -0.39 is 0 Å². The summed E-state index contributed by atoms with van der Waals surface area (Å²) >= 11 is 0. The van der Waals surface area contributed by atoms with Gasteiger partial charge in [-0.2, -0.15) is 0 Å². The number of nitrogens with one attached hydrogen (secondary N) is 2. The molecule has 1 aromatic rings. The van der Waals surface area contributed by atoms with Gasteiger partial charge >= 0.3 is 0 Å². The van der Waals surface area contributed by atoms with E-state index in [4.69, 9.17) is 0 Å². The minimum absolute atomic E-state index is 0.738. The number of nitrogens with zero attached hydrogens (tertiary/aromatic N) is 2. The molecule has 1 aromatic heterocycles. The Morgan fingerprint density at radius 1 is 1.33 bits per heavy atom. The average Bonchev–Trinajstić information content (AvgIpc) is 2.54. The van der Waals surface area contributed by atoms with Crippen molar-refractivity contribution in [3.63, 3.8) is 0 Å². The van der Waals surface area contributed by atoms with E-state index in [1.807, 2.05) is 19.3 Å². The molecule has 2 N–H and O–H groups in total. The highest BCUT2D eigenvalue weighted by Gasteiger charge is 2.06. The summed E-state index contributed by atoms with van der Waals surface area (Å²) in [5.41, 5.74) is 1.25. The zero-order chi connectivity index (χ0) is 15.3. The molecule has 0 aliphatic heterocycles. The summed E-state index contributed by atoms with van der Waals surface area (Å²) in [4.78, 5) is 8.41. The van der Waals surface area contributed by atoms with Crippen LogP contribution in [0.5, 0.6) is 0 Å². The van der Waals surface area contributed by atoms with Crippen LogP contribution in [-0.4, -0.2) is 31.1 Å². The molecule has 21 heavy (non-hydrogen) atoms. The molecule has 0 spiro atoms. The second-order valence-corrected chi connectivity index (χ2v) is 5.41. The Labute approximate surface area is 129 Å². The summed E-state index contributed by atoms with van der Waals surface area (Å²) in [5, 5.41) is 6.80. The van der Waals surface area contributed by atoms with Gasteiger partial charge in [-0.1, -0.05) is 39.2 Å². The second kappa shape index (κ2) is 11.1. The molecule has 0 saturated heterocycles. The lowest BCUT2D eigenvalue weighted by atomic mass is 9.99. The van der Waals surface area contributed by atoms with E-state index in [0.717, 1.165) is 31.4 Å². The Bertz CT molecular complexity index is 389. The molecule has 1 atom stereocenters. The SMILES string of the molecule is CCCCC(CC)CNC(=NC)NCCc1cccnc1. The van der Waals surface area contributed by atoms with Crippen LogP contribution in [0.3, 0.4) is 0 Å². The van der Waals surface area contributed by atoms with Gasteiger partial charge in [-0.3, -0.25) is 9.98 Å². The predicted molar refractivity (Wildman–Crippen MR) is 90.6 cm³/mol. The van der Waals surface area contributed by atoms with Crippen LogP contribution in [0.1, 0.15) is 45.1 Å². The standard InChI is InChI=1S/C17H30N4/c1-4-6-8-15(5-2)14-21-17(18-3)20-12-10-16-9-7-11-19-13-16/h7,9,11,13,15H,4-6,8,10,12,14H2,1-3H3,(H2,18,20,21). The summed E-state index contributed by atoms with van der Waals surface area (Å²) in [6.07, 6.45) is 9.78. The molecule has 0 saturated carbocycles. The second-order valence-electron chi connectivity index (χ2n) is 5.41. The van der Waals surface area contributed by atoms with Crippen molar-refractivity contribution in [1.29, 1.82) is 0 Å². The molecular weight excluding hydrogens is 260 g/mol. The first-order valence-corrected chi connectivity index (χ1v) is 8.13. The lowest BCUT2D eigenvalue weighted by Crippen LogP contribution is -2.40. The monoisotopic (exact) mass is 290 g/mol. The first kappa shape index (κ1) is 17.5. The van der Waals surface area contributed by atoms with Gasteiger partial charge in [-0.15, -0.1) is 0 Å². The van der Waals surface area contributed by atoms with Crippen LogP contribution < -0.4 is 10.6 Å². The highest BCUT2D eigenvalue weighted by molar-refractivity contribution is 5.79.